The Morgan fingerprint density at radius 3 is 2.71 bits per heavy atom. The van der Waals surface area contributed by atoms with Gasteiger partial charge in [0.1, 0.15) is 11.6 Å². The monoisotopic (exact) mass is 307 g/mol. The standard InChI is InChI=1S/C15H15F2N3S/c1-8-4-12(17)13(5-11(8)16)18-6-14-10(3)19-15-20(14)7-9(2)21-15/h4-5,7,18H,6H2,1-3H3. The zero-order valence-electron chi connectivity index (χ0n) is 12.0. The second-order valence-corrected chi connectivity index (χ2v) is 6.29. The molecule has 1 aromatic carbocycles. The number of hydrogen-bond donors (Lipinski definition) is 1. The van der Waals surface area contributed by atoms with Crippen LogP contribution in [-0.4, -0.2) is 9.38 Å². The number of benzene rings is 1. The van der Waals surface area contributed by atoms with E-state index in [0.29, 0.717) is 12.1 Å². The van der Waals surface area contributed by atoms with Gasteiger partial charge < -0.3 is 5.32 Å². The molecule has 0 radical (unpaired) electrons. The molecule has 0 amide bonds. The summed E-state index contributed by atoms with van der Waals surface area (Å²) in [5.41, 5.74) is 2.31. The van der Waals surface area contributed by atoms with Gasteiger partial charge in [0, 0.05) is 17.1 Å². The Bertz CT molecular complexity index is 820. The number of fused-ring (bicyclic) bond motifs is 1. The van der Waals surface area contributed by atoms with Gasteiger partial charge in [0.05, 0.1) is 23.6 Å². The lowest BCUT2D eigenvalue weighted by Crippen LogP contribution is -2.06. The van der Waals surface area contributed by atoms with Gasteiger partial charge in [-0.25, -0.2) is 13.8 Å². The first-order valence-electron chi connectivity index (χ1n) is 6.59. The molecule has 0 saturated heterocycles. The number of anilines is 1. The van der Waals surface area contributed by atoms with Crippen molar-refractivity contribution in [3.63, 3.8) is 0 Å². The molecule has 3 nitrogen and oxygen atoms in total. The van der Waals surface area contributed by atoms with E-state index in [1.807, 2.05) is 24.4 Å². The van der Waals surface area contributed by atoms with Crippen LogP contribution < -0.4 is 5.32 Å². The summed E-state index contributed by atoms with van der Waals surface area (Å²) >= 11 is 1.61. The molecule has 21 heavy (non-hydrogen) atoms. The van der Waals surface area contributed by atoms with Gasteiger partial charge in [0.2, 0.25) is 0 Å². The van der Waals surface area contributed by atoms with E-state index in [1.165, 1.54) is 12.1 Å². The third kappa shape index (κ3) is 2.51. The highest BCUT2D eigenvalue weighted by molar-refractivity contribution is 7.17. The summed E-state index contributed by atoms with van der Waals surface area (Å²) in [4.78, 5) is 6.55. The summed E-state index contributed by atoms with van der Waals surface area (Å²) in [6, 6.07) is 2.39. The number of imidazole rings is 1. The summed E-state index contributed by atoms with van der Waals surface area (Å²) in [5, 5.41) is 2.95. The minimum atomic E-state index is -0.450. The summed E-state index contributed by atoms with van der Waals surface area (Å²) in [5.74, 6) is -0.866. The largest absolute Gasteiger partial charge is 0.377 e. The average Bonchev–Trinajstić information content (AvgIpc) is 2.88. The predicted octanol–water partition coefficient (Wildman–Crippen LogP) is 4.21. The topological polar surface area (TPSA) is 29.3 Å². The van der Waals surface area contributed by atoms with Crippen LogP contribution in [0.5, 0.6) is 0 Å². The van der Waals surface area contributed by atoms with Gasteiger partial charge in [-0.15, -0.1) is 11.3 Å². The number of nitrogens with one attached hydrogen (secondary N) is 1. The average molecular weight is 307 g/mol. The van der Waals surface area contributed by atoms with Gasteiger partial charge >= 0.3 is 0 Å². The van der Waals surface area contributed by atoms with E-state index in [0.717, 1.165) is 21.2 Å². The van der Waals surface area contributed by atoms with Gasteiger partial charge in [-0.3, -0.25) is 4.40 Å². The zero-order valence-corrected chi connectivity index (χ0v) is 12.8. The maximum absolute atomic E-state index is 13.8. The number of thiazole rings is 1. The van der Waals surface area contributed by atoms with E-state index in [1.54, 1.807) is 18.3 Å². The number of rotatable bonds is 3. The van der Waals surface area contributed by atoms with Gasteiger partial charge in [-0.05, 0) is 32.4 Å². The van der Waals surface area contributed by atoms with Crippen LogP contribution in [0.2, 0.25) is 0 Å². The smallest absolute Gasteiger partial charge is 0.194 e. The molecule has 0 unspecified atom stereocenters. The molecule has 3 aromatic rings. The normalized spacial score (nSPS) is 11.3. The van der Waals surface area contributed by atoms with E-state index >= 15 is 0 Å². The van der Waals surface area contributed by atoms with Gasteiger partial charge in [-0.1, -0.05) is 0 Å². The number of hydrogen-bond acceptors (Lipinski definition) is 3. The molecule has 0 fully saturated rings. The summed E-state index contributed by atoms with van der Waals surface area (Å²) in [6.07, 6.45) is 2.00. The number of nitrogens with zero attached hydrogens (tertiary/aromatic N) is 2. The fourth-order valence-corrected chi connectivity index (χ4v) is 3.17. The molecule has 1 N–H and O–H groups in total. The zero-order chi connectivity index (χ0) is 15.1. The van der Waals surface area contributed by atoms with Crippen LogP contribution in [0.25, 0.3) is 4.96 Å². The third-order valence-corrected chi connectivity index (χ3v) is 4.33. The lowest BCUT2D eigenvalue weighted by Gasteiger charge is -2.09. The second-order valence-electron chi connectivity index (χ2n) is 5.07. The Hall–Kier alpha value is -1.95. The van der Waals surface area contributed by atoms with Crippen molar-refractivity contribution in [2.75, 3.05) is 5.32 Å². The van der Waals surface area contributed by atoms with Crippen LogP contribution in [-0.2, 0) is 6.54 Å². The fraction of sp³-hybridized carbons (Fsp3) is 0.267. The van der Waals surface area contributed by atoms with Crippen molar-refractivity contribution in [2.24, 2.45) is 0 Å². The predicted molar refractivity (Wildman–Crippen MR) is 81.0 cm³/mol. The Kier molecular flexibility index (Phi) is 3.41. The molecule has 110 valence electrons. The Balaban J connectivity index is 1.90. The highest BCUT2D eigenvalue weighted by Crippen LogP contribution is 2.23. The van der Waals surface area contributed by atoms with Gasteiger partial charge in [-0.2, -0.15) is 0 Å². The molecule has 6 heteroatoms. The van der Waals surface area contributed by atoms with E-state index in [2.05, 4.69) is 10.3 Å². The highest BCUT2D eigenvalue weighted by atomic mass is 32.1. The molecule has 0 aliphatic rings. The number of halogens is 2. The Morgan fingerprint density at radius 1 is 1.19 bits per heavy atom. The lowest BCUT2D eigenvalue weighted by molar-refractivity contribution is 0.594. The van der Waals surface area contributed by atoms with Crippen LogP contribution in [0.4, 0.5) is 14.5 Å². The molecular formula is C15H15F2N3S. The van der Waals surface area contributed by atoms with E-state index in [4.69, 9.17) is 0 Å². The molecule has 0 bridgehead atoms. The Morgan fingerprint density at radius 2 is 1.95 bits per heavy atom. The first kappa shape index (κ1) is 14.0. The summed E-state index contributed by atoms with van der Waals surface area (Å²) in [6.45, 7) is 5.86. The van der Waals surface area contributed by atoms with Crippen LogP contribution in [0.15, 0.2) is 18.3 Å². The molecule has 0 aliphatic carbocycles. The van der Waals surface area contributed by atoms with Gasteiger partial charge in [0.15, 0.2) is 4.96 Å². The van der Waals surface area contributed by atoms with E-state index in [-0.39, 0.29) is 5.69 Å². The molecule has 2 aromatic heterocycles. The van der Waals surface area contributed by atoms with Gasteiger partial charge in [0.25, 0.3) is 0 Å². The first-order valence-corrected chi connectivity index (χ1v) is 7.41. The van der Waals surface area contributed by atoms with E-state index in [9.17, 15) is 8.78 Å². The van der Waals surface area contributed by atoms with Crippen molar-refractivity contribution in [3.05, 3.63) is 51.8 Å². The van der Waals surface area contributed by atoms with Crippen molar-refractivity contribution in [3.8, 4) is 0 Å². The highest BCUT2D eigenvalue weighted by Gasteiger charge is 2.12. The van der Waals surface area contributed by atoms with Crippen molar-refractivity contribution < 1.29 is 8.78 Å². The molecule has 2 heterocycles. The SMILES string of the molecule is Cc1cn2c(CNc3cc(F)c(C)cc3F)c(C)nc2s1. The van der Waals surface area contributed by atoms with Crippen molar-refractivity contribution in [2.45, 2.75) is 27.3 Å². The minimum absolute atomic E-state index is 0.166. The van der Waals surface area contributed by atoms with Crippen molar-refractivity contribution in [1.29, 1.82) is 0 Å². The van der Waals surface area contributed by atoms with Crippen LogP contribution in [0.1, 0.15) is 21.8 Å². The first-order chi connectivity index (χ1) is 9.95. The quantitative estimate of drug-likeness (QED) is 0.785. The summed E-state index contributed by atoms with van der Waals surface area (Å²) < 4.78 is 29.4. The molecule has 0 aliphatic heterocycles. The molecule has 0 spiro atoms. The number of aromatic nitrogens is 2. The maximum atomic E-state index is 13.8. The van der Waals surface area contributed by atoms with Crippen LogP contribution in [0, 0.1) is 32.4 Å². The second kappa shape index (κ2) is 5.11. The third-order valence-electron chi connectivity index (χ3n) is 3.44. The van der Waals surface area contributed by atoms with Crippen LogP contribution >= 0.6 is 11.3 Å². The number of aryl methyl sites for hydroxylation is 3. The maximum Gasteiger partial charge on any atom is 0.194 e. The lowest BCUT2D eigenvalue weighted by atomic mass is 10.2. The molecule has 0 saturated carbocycles. The Labute approximate surface area is 125 Å². The molecular weight excluding hydrogens is 292 g/mol. The van der Waals surface area contributed by atoms with Crippen LogP contribution in [0.3, 0.4) is 0 Å². The van der Waals surface area contributed by atoms with Crippen molar-refractivity contribution >= 4 is 22.0 Å². The fourth-order valence-electron chi connectivity index (χ4n) is 2.28. The van der Waals surface area contributed by atoms with Crippen molar-refractivity contribution in [1.82, 2.24) is 9.38 Å². The van der Waals surface area contributed by atoms with E-state index < -0.39 is 11.6 Å². The molecule has 3 rings (SSSR count). The molecule has 0 atom stereocenters. The minimum Gasteiger partial charge on any atom is -0.377 e. The summed E-state index contributed by atoms with van der Waals surface area (Å²) in [7, 11) is 0.